The van der Waals surface area contributed by atoms with Crippen molar-refractivity contribution in [2.75, 3.05) is 62.6 Å². The highest BCUT2D eigenvalue weighted by Crippen LogP contribution is 2.36. The number of hydrogen-bond acceptors (Lipinski definition) is 9. The van der Waals surface area contributed by atoms with Crippen molar-refractivity contribution in [3.63, 3.8) is 0 Å². The lowest BCUT2D eigenvalue weighted by Gasteiger charge is -2.28. The summed E-state index contributed by atoms with van der Waals surface area (Å²) in [5.41, 5.74) is 1.61. The third-order valence-electron chi connectivity index (χ3n) is 8.27. The van der Waals surface area contributed by atoms with Gasteiger partial charge in [-0.1, -0.05) is 49.2 Å². The number of carbonyl (C=O) groups excluding carboxylic acids is 1. The van der Waals surface area contributed by atoms with Gasteiger partial charge < -0.3 is 20.9 Å². The molecule has 3 fully saturated rings. The van der Waals surface area contributed by atoms with Crippen LogP contribution in [0.25, 0.3) is 10.3 Å². The van der Waals surface area contributed by atoms with Crippen LogP contribution in [0.5, 0.6) is 0 Å². The highest BCUT2D eigenvalue weighted by atomic mass is 32.2. The van der Waals surface area contributed by atoms with Crippen LogP contribution in [0.4, 0.5) is 10.9 Å². The van der Waals surface area contributed by atoms with Gasteiger partial charge in [0.25, 0.3) is 0 Å². The second kappa shape index (κ2) is 12.1. The quantitative estimate of drug-likeness (QED) is 0.370. The molecule has 6 rings (SSSR count). The third-order valence-corrected chi connectivity index (χ3v) is 11.1. The number of hydrogen-bond donors (Lipinski definition) is 3. The molecule has 1 saturated carbocycles. The van der Waals surface area contributed by atoms with E-state index in [1.54, 1.807) is 12.1 Å². The Morgan fingerprint density at radius 2 is 1.62 bits per heavy atom. The normalized spacial score (nSPS) is 20.1. The monoisotopic (exact) mass is 583 g/mol. The Hall–Kier alpha value is -2.64. The molecule has 3 N–H and O–H groups in total. The number of piperazine rings is 2. The molecule has 40 heavy (non-hydrogen) atoms. The van der Waals surface area contributed by atoms with Crippen LogP contribution in [0.3, 0.4) is 0 Å². The van der Waals surface area contributed by atoms with E-state index in [2.05, 4.69) is 25.8 Å². The molecule has 214 valence electrons. The number of thiazole rings is 1. The van der Waals surface area contributed by atoms with E-state index in [1.165, 1.54) is 28.5 Å². The minimum absolute atomic E-state index is 0.106. The topological polar surface area (TPSA) is 120 Å². The maximum absolute atomic E-state index is 13.7. The second-order valence-corrected chi connectivity index (χ2v) is 13.8. The van der Waals surface area contributed by atoms with Crippen molar-refractivity contribution in [2.24, 2.45) is 5.92 Å². The number of aromatic nitrogens is 2. The maximum Gasteiger partial charge on any atom is 0.243 e. The number of rotatable bonds is 8. The van der Waals surface area contributed by atoms with Crippen molar-refractivity contribution in [1.29, 1.82) is 0 Å². The summed E-state index contributed by atoms with van der Waals surface area (Å²) in [6.07, 6.45) is 5.38. The maximum atomic E-state index is 13.7. The summed E-state index contributed by atoms with van der Waals surface area (Å²) in [5, 5.41) is 10.2. The minimum Gasteiger partial charge on any atom is -0.354 e. The first kappa shape index (κ1) is 27.5. The number of amides is 1. The van der Waals surface area contributed by atoms with Crippen LogP contribution in [-0.4, -0.2) is 81.0 Å². The average Bonchev–Trinajstić information content (AvgIpc) is 3.66. The van der Waals surface area contributed by atoms with Gasteiger partial charge in [0.15, 0.2) is 5.13 Å². The standard InChI is InChI=1S/C28H37N7O3S2/c36-26(33-28-31-24-9-10-25(32-27(24)39-28)34-15-11-29-12-16-34)23(19-20-3-1-2-4-20)21-5-7-22(8-6-21)40(37,38)35-17-13-30-14-18-35/h5-10,20,23,29-30H,1-4,11-19H2,(H,31,33,36)/t23-/m1/s1. The first-order valence-corrected chi connectivity index (χ1v) is 16.6. The van der Waals surface area contributed by atoms with Crippen molar-refractivity contribution in [1.82, 2.24) is 24.9 Å². The third kappa shape index (κ3) is 6.01. The van der Waals surface area contributed by atoms with E-state index < -0.39 is 10.0 Å². The highest BCUT2D eigenvalue weighted by molar-refractivity contribution is 7.89. The minimum atomic E-state index is -3.55. The number of pyridine rings is 1. The molecule has 1 atom stereocenters. The van der Waals surface area contributed by atoms with Crippen molar-refractivity contribution in [3.8, 4) is 0 Å². The van der Waals surface area contributed by atoms with Crippen molar-refractivity contribution in [2.45, 2.75) is 42.9 Å². The molecule has 4 heterocycles. The fourth-order valence-corrected chi connectivity index (χ4v) is 8.28. The van der Waals surface area contributed by atoms with Crippen molar-refractivity contribution in [3.05, 3.63) is 42.0 Å². The predicted molar refractivity (Wildman–Crippen MR) is 159 cm³/mol. The molecule has 2 aromatic heterocycles. The van der Waals surface area contributed by atoms with Crippen LogP contribution >= 0.6 is 11.3 Å². The fourth-order valence-electron chi connectivity index (χ4n) is 6.00. The molecule has 0 bridgehead atoms. The van der Waals surface area contributed by atoms with Crippen LogP contribution in [0, 0.1) is 5.92 Å². The molecule has 1 aliphatic carbocycles. The van der Waals surface area contributed by atoms with E-state index in [1.807, 2.05) is 24.3 Å². The predicted octanol–water partition coefficient (Wildman–Crippen LogP) is 3.00. The lowest BCUT2D eigenvalue weighted by atomic mass is 9.87. The largest absolute Gasteiger partial charge is 0.354 e. The number of carbonyl (C=O) groups is 1. The van der Waals surface area contributed by atoms with E-state index in [9.17, 15) is 13.2 Å². The number of anilines is 2. The summed E-state index contributed by atoms with van der Waals surface area (Å²) < 4.78 is 27.8. The number of nitrogens with zero attached hydrogens (tertiary/aromatic N) is 4. The number of fused-ring (bicyclic) bond motifs is 1. The van der Waals surface area contributed by atoms with E-state index in [0.717, 1.165) is 67.2 Å². The highest BCUT2D eigenvalue weighted by Gasteiger charge is 2.30. The Morgan fingerprint density at radius 1 is 0.950 bits per heavy atom. The Kier molecular flexibility index (Phi) is 8.31. The Morgan fingerprint density at radius 3 is 2.33 bits per heavy atom. The lowest BCUT2D eigenvalue weighted by Crippen LogP contribution is -2.46. The molecular formula is C28H37N7O3S2. The molecule has 3 aromatic rings. The molecule has 1 amide bonds. The van der Waals surface area contributed by atoms with Gasteiger partial charge in [-0.2, -0.15) is 4.31 Å². The smallest absolute Gasteiger partial charge is 0.243 e. The summed E-state index contributed by atoms with van der Waals surface area (Å²) in [4.78, 5) is 26.5. The van der Waals surface area contributed by atoms with Gasteiger partial charge in [-0.25, -0.2) is 18.4 Å². The Balaban J connectivity index is 1.21. The summed E-state index contributed by atoms with van der Waals surface area (Å²) >= 11 is 1.39. The molecule has 3 aliphatic rings. The molecule has 12 heteroatoms. The van der Waals surface area contributed by atoms with E-state index in [0.29, 0.717) is 37.2 Å². The van der Waals surface area contributed by atoms with Crippen molar-refractivity contribution < 1.29 is 13.2 Å². The Labute approximate surface area is 239 Å². The lowest BCUT2D eigenvalue weighted by molar-refractivity contribution is -0.118. The summed E-state index contributed by atoms with van der Waals surface area (Å²) in [7, 11) is -3.55. The zero-order valence-corrected chi connectivity index (χ0v) is 24.3. The number of sulfonamides is 1. The molecule has 10 nitrogen and oxygen atoms in total. The van der Waals surface area contributed by atoms with Crippen LogP contribution in [-0.2, 0) is 14.8 Å². The van der Waals surface area contributed by atoms with E-state index in [4.69, 9.17) is 4.98 Å². The molecule has 2 aliphatic heterocycles. The van der Waals surface area contributed by atoms with Crippen LogP contribution in [0.2, 0.25) is 0 Å². The van der Waals surface area contributed by atoms with Gasteiger partial charge >= 0.3 is 0 Å². The first-order chi connectivity index (χ1) is 19.5. The van der Waals surface area contributed by atoms with Gasteiger partial charge in [0, 0.05) is 52.4 Å². The van der Waals surface area contributed by atoms with Crippen LogP contribution in [0.15, 0.2) is 41.3 Å². The summed E-state index contributed by atoms with van der Waals surface area (Å²) in [6.45, 7) is 5.94. The number of benzene rings is 1. The zero-order valence-electron chi connectivity index (χ0n) is 22.6. The van der Waals surface area contributed by atoms with Gasteiger partial charge in [-0.15, -0.1) is 0 Å². The average molecular weight is 584 g/mol. The van der Waals surface area contributed by atoms with E-state index in [-0.39, 0.29) is 16.7 Å². The zero-order chi connectivity index (χ0) is 27.5. The SMILES string of the molecule is O=C(Nc1nc2ccc(N3CCNCC3)nc2s1)[C@H](CC1CCCC1)c1ccc(S(=O)(=O)N2CCNCC2)cc1. The van der Waals surface area contributed by atoms with Gasteiger partial charge in [0.2, 0.25) is 15.9 Å². The Bertz CT molecular complexity index is 1430. The molecule has 2 saturated heterocycles. The number of nitrogens with one attached hydrogen (secondary N) is 3. The van der Waals surface area contributed by atoms with Gasteiger partial charge in [0.05, 0.1) is 10.8 Å². The summed E-state index contributed by atoms with van der Waals surface area (Å²) in [6, 6.07) is 10.9. The molecule has 1 aromatic carbocycles. The van der Waals surface area contributed by atoms with Crippen molar-refractivity contribution >= 4 is 48.6 Å². The summed E-state index contributed by atoms with van der Waals surface area (Å²) in [5.74, 6) is 0.936. The van der Waals surface area contributed by atoms with Gasteiger partial charge in [0.1, 0.15) is 16.2 Å². The molecular weight excluding hydrogens is 546 g/mol. The molecule has 0 radical (unpaired) electrons. The molecule has 0 spiro atoms. The first-order valence-electron chi connectivity index (χ1n) is 14.3. The molecule has 0 unspecified atom stereocenters. The van der Waals surface area contributed by atoms with Gasteiger partial charge in [-0.3, -0.25) is 4.79 Å². The van der Waals surface area contributed by atoms with Gasteiger partial charge in [-0.05, 0) is 42.2 Å². The van der Waals surface area contributed by atoms with E-state index >= 15 is 0 Å². The van der Waals surface area contributed by atoms with Crippen LogP contribution in [0.1, 0.15) is 43.6 Å². The second-order valence-electron chi connectivity index (χ2n) is 10.9. The fraction of sp³-hybridized carbons (Fsp3) is 0.536. The van der Waals surface area contributed by atoms with Crippen LogP contribution < -0.4 is 20.9 Å².